The Balaban J connectivity index is 2.23. The number of amides is 1. The van der Waals surface area contributed by atoms with Crippen LogP contribution in [0.4, 0.5) is 5.69 Å². The Morgan fingerprint density at radius 2 is 2.28 bits per heavy atom. The highest BCUT2D eigenvalue weighted by Gasteiger charge is 2.38. The molecule has 1 heterocycles. The molecule has 1 saturated carbocycles. The number of aliphatic hydroxyl groups is 1. The highest BCUT2D eigenvalue weighted by Crippen LogP contribution is 2.32. The van der Waals surface area contributed by atoms with Gasteiger partial charge in [-0.1, -0.05) is 0 Å². The standard InChI is InChI=1S/C12H20N4O2/c1-3-16-10(9(13)8(2)15-16)11(18)14-12(7-17)5-4-6-12/h17H,3-7,13H2,1-2H3,(H,14,18). The van der Waals surface area contributed by atoms with E-state index in [0.29, 0.717) is 23.6 Å². The summed E-state index contributed by atoms with van der Waals surface area (Å²) in [6, 6.07) is 0. The highest BCUT2D eigenvalue weighted by molar-refractivity contribution is 5.98. The van der Waals surface area contributed by atoms with E-state index in [0.717, 1.165) is 19.3 Å². The molecule has 18 heavy (non-hydrogen) atoms. The molecule has 0 saturated heterocycles. The van der Waals surface area contributed by atoms with Crippen molar-refractivity contribution in [3.05, 3.63) is 11.4 Å². The third kappa shape index (κ3) is 1.96. The van der Waals surface area contributed by atoms with E-state index in [-0.39, 0.29) is 12.5 Å². The van der Waals surface area contributed by atoms with Crippen LogP contribution in [0.25, 0.3) is 0 Å². The van der Waals surface area contributed by atoms with Gasteiger partial charge in [0.25, 0.3) is 5.91 Å². The molecule has 1 fully saturated rings. The number of nitrogens with zero attached hydrogens (tertiary/aromatic N) is 2. The van der Waals surface area contributed by atoms with Gasteiger partial charge in [0.05, 0.1) is 23.5 Å². The van der Waals surface area contributed by atoms with Crippen LogP contribution in [0.2, 0.25) is 0 Å². The first-order valence-electron chi connectivity index (χ1n) is 6.29. The van der Waals surface area contributed by atoms with Gasteiger partial charge in [-0.3, -0.25) is 9.48 Å². The predicted octanol–water partition coefficient (Wildman–Crippen LogP) is 0.438. The number of nitrogen functional groups attached to an aromatic ring is 1. The van der Waals surface area contributed by atoms with Crippen molar-refractivity contribution < 1.29 is 9.90 Å². The molecular formula is C12H20N4O2. The maximum absolute atomic E-state index is 12.3. The lowest BCUT2D eigenvalue weighted by atomic mass is 9.77. The fraction of sp³-hybridized carbons (Fsp3) is 0.667. The molecule has 0 aromatic carbocycles. The molecule has 100 valence electrons. The summed E-state index contributed by atoms with van der Waals surface area (Å²) >= 11 is 0. The summed E-state index contributed by atoms with van der Waals surface area (Å²) in [6.07, 6.45) is 2.66. The number of carbonyl (C=O) groups excluding carboxylic acids is 1. The lowest BCUT2D eigenvalue weighted by Crippen LogP contribution is -2.56. The minimum absolute atomic E-state index is 0.0299. The number of hydrogen-bond donors (Lipinski definition) is 3. The lowest BCUT2D eigenvalue weighted by Gasteiger charge is -2.40. The Hall–Kier alpha value is -1.56. The minimum Gasteiger partial charge on any atom is -0.395 e. The molecule has 0 radical (unpaired) electrons. The van der Waals surface area contributed by atoms with E-state index in [4.69, 9.17) is 5.73 Å². The maximum atomic E-state index is 12.3. The molecule has 2 rings (SSSR count). The summed E-state index contributed by atoms with van der Waals surface area (Å²) in [4.78, 5) is 12.3. The van der Waals surface area contributed by atoms with E-state index in [2.05, 4.69) is 10.4 Å². The van der Waals surface area contributed by atoms with Crippen molar-refractivity contribution >= 4 is 11.6 Å². The van der Waals surface area contributed by atoms with Crippen molar-refractivity contribution in [3.8, 4) is 0 Å². The van der Waals surface area contributed by atoms with Crippen molar-refractivity contribution in [2.45, 2.75) is 45.2 Å². The molecule has 1 amide bonds. The fourth-order valence-electron chi connectivity index (χ4n) is 2.29. The molecular weight excluding hydrogens is 232 g/mol. The van der Waals surface area contributed by atoms with Crippen LogP contribution in [0, 0.1) is 6.92 Å². The fourth-order valence-corrected chi connectivity index (χ4v) is 2.29. The van der Waals surface area contributed by atoms with Crippen molar-refractivity contribution in [1.29, 1.82) is 0 Å². The largest absolute Gasteiger partial charge is 0.395 e. The zero-order valence-electron chi connectivity index (χ0n) is 10.9. The molecule has 0 spiro atoms. The van der Waals surface area contributed by atoms with Crippen molar-refractivity contribution in [2.75, 3.05) is 12.3 Å². The first kappa shape index (κ1) is 12.9. The Morgan fingerprint density at radius 3 is 2.72 bits per heavy atom. The number of anilines is 1. The normalized spacial score (nSPS) is 17.3. The summed E-state index contributed by atoms with van der Waals surface area (Å²) in [5, 5.41) is 16.5. The Labute approximate surface area is 106 Å². The van der Waals surface area contributed by atoms with E-state index in [1.54, 1.807) is 11.6 Å². The number of rotatable bonds is 4. The number of carbonyl (C=O) groups is 1. The maximum Gasteiger partial charge on any atom is 0.272 e. The van der Waals surface area contributed by atoms with Gasteiger partial charge < -0.3 is 16.2 Å². The molecule has 0 unspecified atom stereocenters. The molecule has 1 aliphatic rings. The van der Waals surface area contributed by atoms with Crippen LogP contribution in [0.1, 0.15) is 42.4 Å². The smallest absolute Gasteiger partial charge is 0.272 e. The first-order chi connectivity index (χ1) is 8.53. The number of aliphatic hydroxyl groups excluding tert-OH is 1. The number of nitrogens with one attached hydrogen (secondary N) is 1. The summed E-state index contributed by atoms with van der Waals surface area (Å²) in [7, 11) is 0. The van der Waals surface area contributed by atoms with Crippen LogP contribution >= 0.6 is 0 Å². The van der Waals surface area contributed by atoms with Crippen LogP contribution in [0.3, 0.4) is 0 Å². The monoisotopic (exact) mass is 252 g/mol. The first-order valence-corrected chi connectivity index (χ1v) is 6.29. The highest BCUT2D eigenvalue weighted by atomic mass is 16.3. The molecule has 1 aromatic heterocycles. The molecule has 6 nitrogen and oxygen atoms in total. The van der Waals surface area contributed by atoms with Gasteiger partial charge in [-0.15, -0.1) is 0 Å². The molecule has 1 aliphatic carbocycles. The van der Waals surface area contributed by atoms with E-state index in [1.165, 1.54) is 0 Å². The third-order valence-corrected chi connectivity index (χ3v) is 3.68. The second-order valence-corrected chi connectivity index (χ2v) is 4.91. The van der Waals surface area contributed by atoms with Crippen LogP contribution in [-0.2, 0) is 6.54 Å². The molecule has 0 bridgehead atoms. The van der Waals surface area contributed by atoms with E-state index in [1.807, 2.05) is 6.92 Å². The molecule has 1 aromatic rings. The average molecular weight is 252 g/mol. The molecule has 0 atom stereocenters. The number of aryl methyl sites for hydroxylation is 2. The van der Waals surface area contributed by atoms with Crippen molar-refractivity contribution in [1.82, 2.24) is 15.1 Å². The third-order valence-electron chi connectivity index (χ3n) is 3.68. The van der Waals surface area contributed by atoms with Crippen LogP contribution in [0.5, 0.6) is 0 Å². The Kier molecular flexibility index (Phi) is 3.30. The van der Waals surface area contributed by atoms with E-state index >= 15 is 0 Å². The number of aromatic nitrogens is 2. The van der Waals surface area contributed by atoms with Gasteiger partial charge >= 0.3 is 0 Å². The minimum atomic E-state index is -0.458. The Morgan fingerprint density at radius 1 is 1.61 bits per heavy atom. The van der Waals surface area contributed by atoms with Gasteiger partial charge in [-0.25, -0.2) is 0 Å². The average Bonchev–Trinajstić information content (AvgIpc) is 2.60. The zero-order chi connectivity index (χ0) is 13.3. The topological polar surface area (TPSA) is 93.2 Å². The van der Waals surface area contributed by atoms with Crippen molar-refractivity contribution in [3.63, 3.8) is 0 Å². The van der Waals surface area contributed by atoms with Crippen molar-refractivity contribution in [2.24, 2.45) is 0 Å². The zero-order valence-corrected chi connectivity index (χ0v) is 10.9. The SMILES string of the molecule is CCn1nc(C)c(N)c1C(=O)NC1(CO)CCC1. The van der Waals surface area contributed by atoms with Gasteiger partial charge in [-0.05, 0) is 33.1 Å². The molecule has 4 N–H and O–H groups in total. The Bertz CT molecular complexity index is 457. The van der Waals surface area contributed by atoms with E-state index < -0.39 is 5.54 Å². The van der Waals surface area contributed by atoms with Gasteiger partial charge in [-0.2, -0.15) is 5.10 Å². The van der Waals surface area contributed by atoms with Gasteiger partial charge in [0.1, 0.15) is 5.69 Å². The van der Waals surface area contributed by atoms with Gasteiger partial charge in [0.2, 0.25) is 0 Å². The van der Waals surface area contributed by atoms with Gasteiger partial charge in [0.15, 0.2) is 0 Å². The summed E-state index contributed by atoms with van der Waals surface area (Å²) in [5.74, 6) is -0.247. The molecule has 0 aliphatic heterocycles. The van der Waals surface area contributed by atoms with E-state index in [9.17, 15) is 9.90 Å². The number of nitrogens with two attached hydrogens (primary N) is 1. The quantitative estimate of drug-likeness (QED) is 0.724. The summed E-state index contributed by atoms with van der Waals surface area (Å²) in [6.45, 7) is 4.25. The number of hydrogen-bond acceptors (Lipinski definition) is 4. The predicted molar refractivity (Wildman–Crippen MR) is 68.2 cm³/mol. The summed E-state index contributed by atoms with van der Waals surface area (Å²) in [5.41, 5.74) is 6.91. The summed E-state index contributed by atoms with van der Waals surface area (Å²) < 4.78 is 1.60. The van der Waals surface area contributed by atoms with Crippen LogP contribution in [-0.4, -0.2) is 32.9 Å². The second kappa shape index (κ2) is 4.61. The van der Waals surface area contributed by atoms with Crippen LogP contribution < -0.4 is 11.1 Å². The van der Waals surface area contributed by atoms with Crippen LogP contribution in [0.15, 0.2) is 0 Å². The molecule has 6 heteroatoms. The lowest BCUT2D eigenvalue weighted by molar-refractivity contribution is 0.0634. The second-order valence-electron chi connectivity index (χ2n) is 4.91. The van der Waals surface area contributed by atoms with Gasteiger partial charge in [0, 0.05) is 6.54 Å².